The summed E-state index contributed by atoms with van der Waals surface area (Å²) in [7, 11) is 0. The second-order valence-corrected chi connectivity index (χ2v) is 5.57. The first-order valence-corrected chi connectivity index (χ1v) is 7.44. The number of nitro groups is 1. The highest BCUT2D eigenvalue weighted by atomic mass is 32.1. The molecule has 0 atom stereocenters. The van der Waals surface area contributed by atoms with E-state index in [1.165, 1.54) is 0 Å². The quantitative estimate of drug-likeness (QED) is 0.359. The lowest BCUT2D eigenvalue weighted by Gasteiger charge is -2.02. The summed E-state index contributed by atoms with van der Waals surface area (Å²) in [6.07, 6.45) is 1.54. The number of nitro benzene ring substituents is 1. The second-order valence-electron chi connectivity index (χ2n) is 4.54. The van der Waals surface area contributed by atoms with Crippen molar-refractivity contribution in [2.75, 3.05) is 5.73 Å². The topological polar surface area (TPSA) is 164 Å². The molecule has 11 heteroatoms. The average molecular weight is 351 g/mol. The molecule has 0 radical (unpaired) electrons. The lowest BCUT2D eigenvalue weighted by atomic mass is 10.2. The molecule has 2 rings (SSSR count). The third-order valence-corrected chi connectivity index (χ3v) is 3.87. The molecule has 1 aromatic carbocycles. The first-order chi connectivity index (χ1) is 11.3. The number of carbonyl (C=O) groups excluding carboxylic acids is 1. The van der Waals surface area contributed by atoms with Crippen LogP contribution in [0.1, 0.15) is 27.9 Å². The minimum absolute atomic E-state index is 0.0423. The van der Waals surface area contributed by atoms with Crippen LogP contribution in [0.2, 0.25) is 0 Å². The number of nitrogens with two attached hydrogens (primary N) is 1. The Morgan fingerprint density at radius 3 is 2.83 bits per heavy atom. The summed E-state index contributed by atoms with van der Waals surface area (Å²) in [6, 6.07) is 1.75. The Kier molecular flexibility index (Phi) is 4.94. The van der Waals surface area contributed by atoms with Crippen molar-refractivity contribution in [3.63, 3.8) is 0 Å². The van der Waals surface area contributed by atoms with Gasteiger partial charge >= 0.3 is 5.69 Å². The van der Waals surface area contributed by atoms with Gasteiger partial charge in [-0.25, -0.2) is 10.4 Å². The van der Waals surface area contributed by atoms with E-state index in [1.807, 2.05) is 6.92 Å². The summed E-state index contributed by atoms with van der Waals surface area (Å²) < 4.78 is 0. The van der Waals surface area contributed by atoms with Gasteiger partial charge in [-0.15, -0.1) is 0 Å². The number of phenols is 2. The van der Waals surface area contributed by atoms with Gasteiger partial charge in [0, 0.05) is 17.7 Å². The van der Waals surface area contributed by atoms with Crippen LogP contribution in [0.25, 0.3) is 0 Å². The molecule has 0 spiro atoms. The number of carbonyl (C=O) groups is 1. The maximum absolute atomic E-state index is 12.0. The number of nitrogens with one attached hydrogen (secondary N) is 1. The number of aromatic hydroxyl groups is 2. The largest absolute Gasteiger partial charge is 0.507 e. The third kappa shape index (κ3) is 3.57. The monoisotopic (exact) mass is 351 g/mol. The van der Waals surface area contributed by atoms with E-state index in [0.29, 0.717) is 17.0 Å². The summed E-state index contributed by atoms with van der Waals surface area (Å²) >= 11 is 1.01. The number of hydrazone groups is 1. The predicted octanol–water partition coefficient (Wildman–Crippen LogP) is 1.37. The van der Waals surface area contributed by atoms with Gasteiger partial charge < -0.3 is 15.9 Å². The van der Waals surface area contributed by atoms with E-state index in [1.54, 1.807) is 0 Å². The minimum Gasteiger partial charge on any atom is -0.507 e. The van der Waals surface area contributed by atoms with Gasteiger partial charge in [0.2, 0.25) is 0 Å². The number of amides is 1. The molecule has 0 aliphatic rings. The van der Waals surface area contributed by atoms with E-state index in [9.17, 15) is 25.1 Å². The summed E-state index contributed by atoms with van der Waals surface area (Å²) in [4.78, 5) is 26.3. The Morgan fingerprint density at radius 1 is 1.50 bits per heavy atom. The van der Waals surface area contributed by atoms with Crippen molar-refractivity contribution in [2.24, 2.45) is 5.10 Å². The molecule has 1 heterocycles. The average Bonchev–Trinajstić information content (AvgIpc) is 2.90. The van der Waals surface area contributed by atoms with Gasteiger partial charge in [0.1, 0.15) is 10.6 Å². The zero-order chi connectivity index (χ0) is 17.9. The van der Waals surface area contributed by atoms with Crippen molar-refractivity contribution in [1.29, 1.82) is 0 Å². The van der Waals surface area contributed by atoms with Crippen LogP contribution in [0, 0.1) is 10.1 Å². The third-order valence-electron chi connectivity index (χ3n) is 2.95. The highest BCUT2D eigenvalue weighted by molar-refractivity contribution is 7.17. The molecule has 0 fully saturated rings. The number of nitrogens with zero attached hydrogens (tertiary/aromatic N) is 3. The standard InChI is InChI=1S/C13H13N5O5S/c1-2-7-11(24-13(14)16-7)12(21)17-15-5-6-3-8(18(22)23)10(20)4-9(6)19/h3-5,19-20H,2H2,1H3,(H2,14,16)(H,17,21). The summed E-state index contributed by atoms with van der Waals surface area (Å²) in [5, 5.41) is 33.7. The molecule has 24 heavy (non-hydrogen) atoms. The maximum Gasteiger partial charge on any atom is 0.311 e. The van der Waals surface area contributed by atoms with Crippen LogP contribution >= 0.6 is 11.3 Å². The molecule has 0 bridgehead atoms. The molecule has 0 saturated carbocycles. The molecule has 2 aromatic rings. The smallest absolute Gasteiger partial charge is 0.311 e. The van der Waals surface area contributed by atoms with E-state index in [-0.39, 0.29) is 10.7 Å². The molecule has 126 valence electrons. The fourth-order valence-electron chi connectivity index (χ4n) is 1.83. The van der Waals surface area contributed by atoms with Gasteiger partial charge in [-0.2, -0.15) is 5.10 Å². The number of rotatable bonds is 5. The van der Waals surface area contributed by atoms with Crippen LogP contribution in [0.3, 0.4) is 0 Å². The number of thiazole rings is 1. The predicted molar refractivity (Wildman–Crippen MR) is 87.4 cm³/mol. The van der Waals surface area contributed by atoms with Crippen LogP contribution in [-0.2, 0) is 6.42 Å². The molecule has 0 aliphatic heterocycles. The number of phenolic OH excluding ortho intramolecular Hbond substituents is 2. The van der Waals surface area contributed by atoms with Crippen LogP contribution in [0.5, 0.6) is 11.5 Å². The van der Waals surface area contributed by atoms with Crippen molar-refractivity contribution in [1.82, 2.24) is 10.4 Å². The van der Waals surface area contributed by atoms with Gasteiger partial charge in [0.15, 0.2) is 10.9 Å². The summed E-state index contributed by atoms with van der Waals surface area (Å²) in [5.74, 6) is -1.64. The molecule has 0 aliphatic carbocycles. The van der Waals surface area contributed by atoms with Gasteiger partial charge in [-0.1, -0.05) is 18.3 Å². The molecular formula is C13H13N5O5S. The Hall–Kier alpha value is -3.21. The molecule has 0 unspecified atom stereocenters. The first kappa shape index (κ1) is 17.1. The molecule has 1 aromatic heterocycles. The summed E-state index contributed by atoms with van der Waals surface area (Å²) in [5.41, 5.74) is 7.69. The zero-order valence-corrected chi connectivity index (χ0v) is 13.2. The highest BCUT2D eigenvalue weighted by Crippen LogP contribution is 2.32. The number of aromatic nitrogens is 1. The van der Waals surface area contributed by atoms with Crippen molar-refractivity contribution in [3.05, 3.63) is 38.4 Å². The molecule has 10 nitrogen and oxygen atoms in total. The van der Waals surface area contributed by atoms with Gasteiger partial charge in [0.25, 0.3) is 5.91 Å². The number of nitrogen functional groups attached to an aromatic ring is 1. The number of hydrogen-bond acceptors (Lipinski definition) is 9. The van der Waals surface area contributed by atoms with E-state index in [4.69, 9.17) is 5.73 Å². The van der Waals surface area contributed by atoms with Crippen LogP contribution in [0.15, 0.2) is 17.2 Å². The number of benzene rings is 1. The zero-order valence-electron chi connectivity index (χ0n) is 12.4. The SMILES string of the molecule is CCc1nc(N)sc1C(=O)NN=Cc1cc([N+](=O)[O-])c(O)cc1O. The van der Waals surface area contributed by atoms with E-state index in [2.05, 4.69) is 15.5 Å². The number of aryl methyl sites for hydroxylation is 1. The van der Waals surface area contributed by atoms with Crippen molar-refractivity contribution in [2.45, 2.75) is 13.3 Å². The highest BCUT2D eigenvalue weighted by Gasteiger charge is 2.17. The van der Waals surface area contributed by atoms with Gasteiger partial charge in [-0.3, -0.25) is 14.9 Å². The van der Waals surface area contributed by atoms with Crippen molar-refractivity contribution < 1.29 is 19.9 Å². The first-order valence-electron chi connectivity index (χ1n) is 6.62. The Morgan fingerprint density at radius 2 is 2.21 bits per heavy atom. The molecular weight excluding hydrogens is 338 g/mol. The van der Waals surface area contributed by atoms with Crippen LogP contribution in [-0.4, -0.2) is 32.2 Å². The van der Waals surface area contributed by atoms with E-state index >= 15 is 0 Å². The Bertz CT molecular complexity index is 832. The lowest BCUT2D eigenvalue weighted by molar-refractivity contribution is -0.385. The minimum atomic E-state index is -0.807. The van der Waals surface area contributed by atoms with Crippen LogP contribution in [0.4, 0.5) is 10.8 Å². The molecule has 5 N–H and O–H groups in total. The van der Waals surface area contributed by atoms with Crippen molar-refractivity contribution >= 4 is 34.3 Å². The van der Waals surface area contributed by atoms with E-state index < -0.39 is 28.0 Å². The maximum atomic E-state index is 12.0. The van der Waals surface area contributed by atoms with Crippen molar-refractivity contribution in [3.8, 4) is 11.5 Å². The van der Waals surface area contributed by atoms with Crippen LogP contribution < -0.4 is 11.2 Å². The normalized spacial score (nSPS) is 10.9. The Balaban J connectivity index is 2.18. The summed E-state index contributed by atoms with van der Waals surface area (Å²) in [6.45, 7) is 1.82. The second kappa shape index (κ2) is 6.91. The fourth-order valence-corrected chi connectivity index (χ4v) is 2.64. The fraction of sp³-hybridized carbons (Fsp3) is 0.154. The lowest BCUT2D eigenvalue weighted by Crippen LogP contribution is -2.17. The molecule has 0 saturated heterocycles. The molecule has 1 amide bonds. The van der Waals surface area contributed by atoms with Gasteiger partial charge in [-0.05, 0) is 6.42 Å². The number of hydrogen-bond donors (Lipinski definition) is 4. The Labute approximate surface area is 139 Å². The number of anilines is 1. The van der Waals surface area contributed by atoms with Gasteiger partial charge in [0.05, 0.1) is 16.8 Å². The van der Waals surface area contributed by atoms with E-state index in [0.717, 1.165) is 29.7 Å².